The van der Waals surface area contributed by atoms with Crippen molar-refractivity contribution in [1.82, 2.24) is 0 Å². The van der Waals surface area contributed by atoms with E-state index in [9.17, 15) is 4.79 Å². The number of aliphatic carboxylic acids is 1. The van der Waals surface area contributed by atoms with Crippen LogP contribution >= 0.6 is 0 Å². The maximum atomic E-state index is 10.6. The minimum Gasteiger partial charge on any atom is -0.480 e. The minimum atomic E-state index is -0.973. The number of allylic oxidation sites excluding steroid dienone is 4. The number of carboxylic acids is 1. The average molecular weight is 179 g/mol. The Balaban J connectivity index is 2.75. The molecule has 2 unspecified atom stereocenters. The molecule has 0 aromatic heterocycles. The molecule has 0 radical (unpaired) electrons. The van der Waals surface area contributed by atoms with Gasteiger partial charge in [-0.1, -0.05) is 36.0 Å². The molecule has 0 bridgehead atoms. The van der Waals surface area contributed by atoms with Crippen molar-refractivity contribution in [2.75, 3.05) is 0 Å². The van der Waals surface area contributed by atoms with Crippen LogP contribution < -0.4 is 5.73 Å². The van der Waals surface area contributed by atoms with Crippen molar-refractivity contribution in [1.29, 1.82) is 0 Å². The summed E-state index contributed by atoms with van der Waals surface area (Å²) in [5, 5.41) is 8.68. The molecule has 0 amide bonds. The Bertz CT molecular complexity index is 289. The van der Waals surface area contributed by atoms with Crippen LogP contribution in [0.3, 0.4) is 0 Å². The number of carbonyl (C=O) groups is 1. The van der Waals surface area contributed by atoms with Gasteiger partial charge in [0.25, 0.3) is 0 Å². The molecular weight excluding hydrogens is 166 g/mol. The zero-order valence-corrected chi connectivity index (χ0v) is 7.47. The first kappa shape index (κ1) is 9.74. The van der Waals surface area contributed by atoms with Crippen LogP contribution in [0.1, 0.15) is 6.92 Å². The molecule has 3 heteroatoms. The summed E-state index contributed by atoms with van der Waals surface area (Å²) in [6.45, 7) is 1.95. The summed E-state index contributed by atoms with van der Waals surface area (Å²) in [6.07, 6.45) is 9.25. The van der Waals surface area contributed by atoms with Crippen LogP contribution in [-0.4, -0.2) is 17.1 Å². The van der Waals surface area contributed by atoms with Gasteiger partial charge in [-0.2, -0.15) is 0 Å². The normalized spacial score (nSPS) is 23.5. The molecule has 2 atom stereocenters. The summed E-state index contributed by atoms with van der Waals surface area (Å²) in [6, 6.07) is -0.855. The largest absolute Gasteiger partial charge is 0.480 e. The summed E-state index contributed by atoms with van der Waals surface area (Å²) in [4.78, 5) is 10.6. The van der Waals surface area contributed by atoms with Crippen molar-refractivity contribution >= 4 is 5.97 Å². The van der Waals surface area contributed by atoms with E-state index in [0.29, 0.717) is 0 Å². The fourth-order valence-electron chi connectivity index (χ4n) is 1.12. The lowest BCUT2D eigenvalue weighted by Gasteiger charge is -2.11. The first-order valence-electron chi connectivity index (χ1n) is 4.13. The summed E-state index contributed by atoms with van der Waals surface area (Å²) in [7, 11) is 0. The quantitative estimate of drug-likeness (QED) is 0.666. The second kappa shape index (κ2) is 4.05. The molecular formula is C10H13NO2. The Kier molecular flexibility index (Phi) is 3.03. The Hall–Kier alpha value is -1.35. The first-order chi connectivity index (χ1) is 6.11. The van der Waals surface area contributed by atoms with Crippen molar-refractivity contribution in [3.05, 3.63) is 36.0 Å². The fourth-order valence-corrected chi connectivity index (χ4v) is 1.12. The molecule has 3 nitrogen and oxygen atoms in total. The molecule has 0 aromatic rings. The Morgan fingerprint density at radius 1 is 1.62 bits per heavy atom. The lowest BCUT2D eigenvalue weighted by Crippen LogP contribution is -2.36. The summed E-state index contributed by atoms with van der Waals surface area (Å²) in [5.74, 6) is -1.19. The third-order valence-electron chi connectivity index (χ3n) is 1.97. The van der Waals surface area contributed by atoms with Gasteiger partial charge in [0.2, 0.25) is 0 Å². The first-order valence-corrected chi connectivity index (χ1v) is 4.13. The van der Waals surface area contributed by atoms with Crippen LogP contribution in [0.4, 0.5) is 0 Å². The molecule has 70 valence electrons. The van der Waals surface area contributed by atoms with E-state index >= 15 is 0 Å². The highest BCUT2D eigenvalue weighted by Crippen LogP contribution is 2.12. The highest BCUT2D eigenvalue weighted by atomic mass is 16.4. The molecule has 0 heterocycles. The Morgan fingerprint density at radius 2 is 2.31 bits per heavy atom. The van der Waals surface area contributed by atoms with Gasteiger partial charge in [-0.25, -0.2) is 0 Å². The second-order valence-corrected chi connectivity index (χ2v) is 3.10. The Morgan fingerprint density at radius 3 is 2.92 bits per heavy atom. The molecule has 0 aliphatic heterocycles. The van der Waals surface area contributed by atoms with Crippen LogP contribution in [0.5, 0.6) is 0 Å². The zero-order valence-electron chi connectivity index (χ0n) is 7.47. The number of nitrogens with two attached hydrogens (primary N) is 1. The average Bonchev–Trinajstić information content (AvgIpc) is 2.28. The van der Waals surface area contributed by atoms with Crippen LogP contribution in [-0.2, 0) is 4.79 Å². The van der Waals surface area contributed by atoms with Crippen LogP contribution in [0, 0.1) is 5.92 Å². The number of rotatable bonds is 2. The van der Waals surface area contributed by atoms with E-state index in [0.717, 1.165) is 5.57 Å². The Labute approximate surface area is 77.2 Å². The standard InChI is InChI=1S/C10H13NO2/c1-7-3-2-4-8(6-5-7)9(11)10(12)13/h2-6,8-9H,11H2,1H3,(H,12,13). The smallest absolute Gasteiger partial charge is 0.321 e. The van der Waals surface area contributed by atoms with E-state index in [1.165, 1.54) is 0 Å². The topological polar surface area (TPSA) is 63.3 Å². The minimum absolute atomic E-state index is 0.216. The molecule has 1 aliphatic rings. The third-order valence-corrected chi connectivity index (χ3v) is 1.97. The zero-order chi connectivity index (χ0) is 9.84. The van der Waals surface area contributed by atoms with E-state index in [4.69, 9.17) is 10.8 Å². The summed E-state index contributed by atoms with van der Waals surface area (Å²) < 4.78 is 0. The predicted octanol–water partition coefficient (Wildman–Crippen LogP) is 1.09. The van der Waals surface area contributed by atoms with E-state index in [1.54, 1.807) is 6.08 Å². The number of hydrogen-bond donors (Lipinski definition) is 2. The highest BCUT2D eigenvalue weighted by molar-refractivity contribution is 5.74. The van der Waals surface area contributed by atoms with Crippen molar-refractivity contribution < 1.29 is 9.90 Å². The van der Waals surface area contributed by atoms with E-state index in [1.807, 2.05) is 31.2 Å². The molecule has 1 aliphatic carbocycles. The maximum absolute atomic E-state index is 10.6. The monoisotopic (exact) mass is 179 g/mol. The van der Waals surface area contributed by atoms with Gasteiger partial charge in [0, 0.05) is 5.92 Å². The number of carboxylic acid groups (broad SMARTS) is 1. The lowest BCUT2D eigenvalue weighted by atomic mass is 10.00. The SMILES string of the molecule is CC1=CC=CC(C(N)C(=O)O)C=C1. The van der Waals surface area contributed by atoms with Crippen LogP contribution in [0.25, 0.3) is 0 Å². The molecule has 0 aromatic carbocycles. The highest BCUT2D eigenvalue weighted by Gasteiger charge is 2.19. The van der Waals surface area contributed by atoms with Gasteiger partial charge in [-0.15, -0.1) is 0 Å². The van der Waals surface area contributed by atoms with Crippen LogP contribution in [0.2, 0.25) is 0 Å². The molecule has 0 saturated carbocycles. The molecule has 0 spiro atoms. The van der Waals surface area contributed by atoms with Crippen molar-refractivity contribution in [2.24, 2.45) is 11.7 Å². The van der Waals surface area contributed by atoms with Gasteiger partial charge in [-0.05, 0) is 6.92 Å². The van der Waals surface area contributed by atoms with Gasteiger partial charge in [0.1, 0.15) is 6.04 Å². The lowest BCUT2D eigenvalue weighted by molar-refractivity contribution is -0.139. The van der Waals surface area contributed by atoms with Gasteiger partial charge < -0.3 is 10.8 Å². The van der Waals surface area contributed by atoms with Gasteiger partial charge >= 0.3 is 5.97 Å². The maximum Gasteiger partial charge on any atom is 0.321 e. The fraction of sp³-hybridized carbons (Fsp3) is 0.300. The van der Waals surface area contributed by atoms with Gasteiger partial charge in [0.05, 0.1) is 0 Å². The van der Waals surface area contributed by atoms with E-state index in [-0.39, 0.29) is 5.92 Å². The molecule has 13 heavy (non-hydrogen) atoms. The summed E-state index contributed by atoms with van der Waals surface area (Å²) >= 11 is 0. The van der Waals surface area contributed by atoms with Crippen molar-refractivity contribution in [3.8, 4) is 0 Å². The third kappa shape index (κ3) is 2.56. The second-order valence-electron chi connectivity index (χ2n) is 3.10. The summed E-state index contributed by atoms with van der Waals surface area (Å²) in [5.41, 5.74) is 6.57. The predicted molar refractivity (Wildman–Crippen MR) is 51.1 cm³/mol. The van der Waals surface area contributed by atoms with E-state index < -0.39 is 12.0 Å². The van der Waals surface area contributed by atoms with Gasteiger partial charge in [0.15, 0.2) is 0 Å². The molecule has 0 fully saturated rings. The molecule has 1 rings (SSSR count). The van der Waals surface area contributed by atoms with Crippen LogP contribution in [0.15, 0.2) is 36.0 Å². The van der Waals surface area contributed by atoms with Crippen molar-refractivity contribution in [2.45, 2.75) is 13.0 Å². The van der Waals surface area contributed by atoms with Gasteiger partial charge in [-0.3, -0.25) is 4.79 Å². The molecule has 0 saturated heterocycles. The number of hydrogen-bond acceptors (Lipinski definition) is 2. The van der Waals surface area contributed by atoms with E-state index in [2.05, 4.69) is 0 Å². The van der Waals surface area contributed by atoms with Crippen molar-refractivity contribution in [3.63, 3.8) is 0 Å². The molecule has 3 N–H and O–H groups in total.